The second kappa shape index (κ2) is 10.9. The molecule has 2 nitrogen and oxygen atoms in total. The van der Waals surface area contributed by atoms with E-state index in [4.69, 9.17) is 0 Å². The van der Waals surface area contributed by atoms with Gasteiger partial charge in [-0.05, 0) is 53.4 Å². The number of benzene rings is 2. The Labute approximate surface area is 186 Å². The molecule has 0 saturated heterocycles. The van der Waals surface area contributed by atoms with Crippen molar-refractivity contribution < 1.29 is 9.59 Å². The summed E-state index contributed by atoms with van der Waals surface area (Å²) in [6, 6.07) is 14.5. The van der Waals surface area contributed by atoms with Crippen LogP contribution in [0.25, 0.3) is 0 Å². The predicted octanol–water partition coefficient (Wildman–Crippen LogP) is 7.51. The highest BCUT2D eigenvalue weighted by molar-refractivity contribution is 8.13. The van der Waals surface area contributed by atoms with Crippen molar-refractivity contribution in [3.8, 4) is 0 Å². The lowest BCUT2D eigenvalue weighted by Gasteiger charge is -2.22. The van der Waals surface area contributed by atoms with Crippen molar-refractivity contribution in [2.24, 2.45) is 5.92 Å². The molecule has 1 unspecified atom stereocenters. The lowest BCUT2D eigenvalue weighted by molar-refractivity contribution is -0.127. The lowest BCUT2D eigenvalue weighted by atomic mass is 9.89. The topological polar surface area (TPSA) is 34.1 Å². The molecule has 0 radical (unpaired) electrons. The van der Waals surface area contributed by atoms with E-state index in [0.29, 0.717) is 30.6 Å². The normalized spacial score (nSPS) is 12.6. The number of ketones is 1. The van der Waals surface area contributed by atoms with Crippen molar-refractivity contribution >= 4 is 22.7 Å². The minimum Gasteiger partial charge on any atom is -0.299 e. The minimum absolute atomic E-state index is 0.0207. The summed E-state index contributed by atoms with van der Waals surface area (Å²) in [4.78, 5) is 26.8. The Morgan fingerprint density at radius 3 is 1.80 bits per heavy atom. The number of aryl methyl sites for hydroxylation is 1. The number of rotatable bonds is 9. The van der Waals surface area contributed by atoms with Crippen LogP contribution in [0.3, 0.4) is 0 Å². The zero-order valence-electron chi connectivity index (χ0n) is 19.5. The van der Waals surface area contributed by atoms with Crippen molar-refractivity contribution in [2.45, 2.75) is 84.0 Å². The third-order valence-electron chi connectivity index (χ3n) is 5.62. The standard InChI is InChI=1S/C27H36O2S/c1-17(2)22-15-23(18(3)4)26(24(16-22)19(5)6)30-27(29)20(7)25(28)14-13-21-11-9-8-10-12-21/h8-12,15-20H,13-14H2,1-7H3. The smallest absolute Gasteiger partial charge is 0.203 e. The van der Waals surface area contributed by atoms with Gasteiger partial charge in [-0.1, -0.05) is 95.8 Å². The summed E-state index contributed by atoms with van der Waals surface area (Å²) in [5.74, 6) is 0.505. The molecule has 0 saturated carbocycles. The third-order valence-corrected chi connectivity index (χ3v) is 6.85. The molecule has 0 aromatic heterocycles. The molecular formula is C27H36O2S. The van der Waals surface area contributed by atoms with Crippen LogP contribution in [0.5, 0.6) is 0 Å². The summed E-state index contributed by atoms with van der Waals surface area (Å²) in [5, 5.41) is -0.0471. The molecule has 2 aromatic carbocycles. The van der Waals surface area contributed by atoms with E-state index in [1.54, 1.807) is 6.92 Å². The highest BCUT2D eigenvalue weighted by Gasteiger charge is 2.26. The van der Waals surface area contributed by atoms with Crippen LogP contribution in [0, 0.1) is 5.92 Å². The maximum Gasteiger partial charge on any atom is 0.203 e. The van der Waals surface area contributed by atoms with Crippen molar-refractivity contribution in [3.63, 3.8) is 0 Å². The molecular weight excluding hydrogens is 388 g/mol. The Balaban J connectivity index is 2.22. The SMILES string of the molecule is CC(C(=O)CCc1ccccc1)C(=O)Sc1c(C(C)C)cc(C(C)C)cc1C(C)C. The third kappa shape index (κ3) is 6.31. The molecule has 0 aliphatic heterocycles. The monoisotopic (exact) mass is 424 g/mol. The fourth-order valence-electron chi connectivity index (χ4n) is 3.46. The van der Waals surface area contributed by atoms with Crippen LogP contribution in [-0.4, -0.2) is 10.9 Å². The molecule has 2 aromatic rings. The molecule has 1 atom stereocenters. The fraction of sp³-hybridized carbons (Fsp3) is 0.481. The van der Waals surface area contributed by atoms with Gasteiger partial charge in [0.1, 0.15) is 5.78 Å². The maximum absolute atomic E-state index is 13.1. The second-order valence-electron chi connectivity index (χ2n) is 9.09. The van der Waals surface area contributed by atoms with E-state index in [1.165, 1.54) is 28.5 Å². The number of Topliss-reactive ketones (excluding diaryl/α,β-unsaturated/α-hetero) is 1. The molecule has 0 aliphatic rings. The van der Waals surface area contributed by atoms with E-state index in [-0.39, 0.29) is 10.9 Å². The van der Waals surface area contributed by atoms with Crippen molar-refractivity contribution in [1.82, 2.24) is 0 Å². The average Bonchev–Trinajstić information content (AvgIpc) is 2.71. The zero-order valence-corrected chi connectivity index (χ0v) is 20.3. The van der Waals surface area contributed by atoms with Gasteiger partial charge in [0.05, 0.1) is 5.92 Å². The molecule has 0 fully saturated rings. The highest BCUT2D eigenvalue weighted by atomic mass is 32.2. The van der Waals surface area contributed by atoms with Crippen LogP contribution in [0.1, 0.15) is 94.9 Å². The van der Waals surface area contributed by atoms with Gasteiger partial charge in [0.25, 0.3) is 0 Å². The van der Waals surface area contributed by atoms with E-state index in [2.05, 4.69) is 53.7 Å². The summed E-state index contributed by atoms with van der Waals surface area (Å²) in [5.41, 5.74) is 4.87. The van der Waals surface area contributed by atoms with Crippen LogP contribution in [0.4, 0.5) is 0 Å². The molecule has 162 valence electrons. The van der Waals surface area contributed by atoms with E-state index in [0.717, 1.165) is 10.5 Å². The van der Waals surface area contributed by atoms with Crippen molar-refractivity contribution in [3.05, 3.63) is 64.7 Å². The van der Waals surface area contributed by atoms with Gasteiger partial charge >= 0.3 is 0 Å². The first-order chi connectivity index (χ1) is 14.1. The van der Waals surface area contributed by atoms with Gasteiger partial charge < -0.3 is 0 Å². The molecule has 0 spiro atoms. The minimum atomic E-state index is -0.594. The second-order valence-corrected chi connectivity index (χ2v) is 10.1. The van der Waals surface area contributed by atoms with Crippen LogP contribution in [0.15, 0.2) is 47.4 Å². The van der Waals surface area contributed by atoms with Crippen molar-refractivity contribution in [1.29, 1.82) is 0 Å². The predicted molar refractivity (Wildman–Crippen MR) is 129 cm³/mol. The van der Waals surface area contributed by atoms with Gasteiger partial charge in [0.2, 0.25) is 5.12 Å². The molecule has 2 rings (SSSR count). The number of carbonyl (C=O) groups is 2. The number of thioether (sulfide) groups is 1. The number of hydrogen-bond donors (Lipinski definition) is 0. The van der Waals surface area contributed by atoms with Crippen LogP contribution < -0.4 is 0 Å². The first-order valence-electron chi connectivity index (χ1n) is 11.1. The van der Waals surface area contributed by atoms with Crippen LogP contribution in [0.2, 0.25) is 0 Å². The van der Waals surface area contributed by atoms with Gasteiger partial charge in [-0.15, -0.1) is 0 Å². The van der Waals surface area contributed by atoms with E-state index >= 15 is 0 Å². The maximum atomic E-state index is 13.1. The van der Waals surface area contributed by atoms with Gasteiger partial charge in [0, 0.05) is 11.3 Å². The Kier molecular flexibility index (Phi) is 8.91. The molecule has 0 heterocycles. The lowest BCUT2D eigenvalue weighted by Crippen LogP contribution is -2.19. The van der Waals surface area contributed by atoms with E-state index in [9.17, 15) is 9.59 Å². The van der Waals surface area contributed by atoms with Crippen molar-refractivity contribution in [2.75, 3.05) is 0 Å². The molecule has 0 N–H and O–H groups in total. The van der Waals surface area contributed by atoms with Gasteiger partial charge in [-0.2, -0.15) is 0 Å². The molecule has 0 aliphatic carbocycles. The number of carbonyl (C=O) groups excluding carboxylic acids is 2. The Morgan fingerprint density at radius 1 is 0.800 bits per heavy atom. The molecule has 0 bridgehead atoms. The van der Waals surface area contributed by atoms with Gasteiger partial charge in [0.15, 0.2) is 0 Å². The molecule has 30 heavy (non-hydrogen) atoms. The Morgan fingerprint density at radius 2 is 1.33 bits per heavy atom. The first kappa shape index (κ1) is 24.4. The molecule has 3 heteroatoms. The van der Waals surface area contributed by atoms with E-state index in [1.807, 2.05) is 30.3 Å². The summed E-state index contributed by atoms with van der Waals surface area (Å²) in [6.45, 7) is 14.9. The Bertz CT molecular complexity index is 837. The number of hydrogen-bond acceptors (Lipinski definition) is 3. The zero-order chi connectivity index (χ0) is 22.4. The Hall–Kier alpha value is -1.87. The fourth-order valence-corrected chi connectivity index (χ4v) is 4.79. The quantitative estimate of drug-likeness (QED) is 0.308. The molecule has 0 amide bonds. The highest BCUT2D eigenvalue weighted by Crippen LogP contribution is 2.39. The summed E-state index contributed by atoms with van der Waals surface area (Å²) < 4.78 is 0. The summed E-state index contributed by atoms with van der Waals surface area (Å²) >= 11 is 1.27. The van der Waals surface area contributed by atoms with Gasteiger partial charge in [-0.25, -0.2) is 0 Å². The average molecular weight is 425 g/mol. The van der Waals surface area contributed by atoms with Crippen LogP contribution >= 0.6 is 11.8 Å². The summed E-state index contributed by atoms with van der Waals surface area (Å²) in [7, 11) is 0. The van der Waals surface area contributed by atoms with E-state index < -0.39 is 5.92 Å². The van der Waals surface area contributed by atoms with Gasteiger partial charge in [-0.3, -0.25) is 9.59 Å². The van der Waals surface area contributed by atoms with Crippen LogP contribution in [-0.2, 0) is 16.0 Å². The first-order valence-corrected chi connectivity index (χ1v) is 11.9. The largest absolute Gasteiger partial charge is 0.299 e. The summed E-state index contributed by atoms with van der Waals surface area (Å²) in [6.07, 6.45) is 1.08.